The lowest BCUT2D eigenvalue weighted by atomic mass is 9.87. The van der Waals surface area contributed by atoms with Crippen LogP contribution in [0, 0.1) is 12.8 Å². The van der Waals surface area contributed by atoms with E-state index in [0.29, 0.717) is 11.8 Å². The summed E-state index contributed by atoms with van der Waals surface area (Å²) >= 11 is 0. The Kier molecular flexibility index (Phi) is 7.56. The van der Waals surface area contributed by atoms with E-state index in [1.165, 1.54) is 24.0 Å². The Morgan fingerprint density at radius 1 is 1.21 bits per heavy atom. The Balaban J connectivity index is 1.42. The molecule has 0 amide bonds. The van der Waals surface area contributed by atoms with Crippen molar-refractivity contribution in [3.05, 3.63) is 90.9 Å². The number of rotatable bonds is 9. The molecule has 0 saturated heterocycles. The first-order chi connectivity index (χ1) is 16.4. The second kappa shape index (κ2) is 10.8. The van der Waals surface area contributed by atoms with Crippen molar-refractivity contribution in [2.75, 3.05) is 5.32 Å². The number of aromatic nitrogens is 2. The second-order valence-electron chi connectivity index (χ2n) is 9.67. The fourth-order valence-corrected chi connectivity index (χ4v) is 5.01. The standard InChI is InChI=1S/C30H37N3O/c1-6-24-11-9-12-27(19-24)34-26-16-14-25(15-17-26)29-30(33(5)20-31-29)32-23(4)18-22(3)28-13-8-7-10-21(28)2/h6-8,10,13-17,20,22,24,27,32H,1,4,9,11-12,18-19H2,2-3,5H3/t22-,24-,27-/m0/s1. The highest BCUT2D eigenvalue weighted by Gasteiger charge is 2.21. The minimum Gasteiger partial charge on any atom is -0.490 e. The van der Waals surface area contributed by atoms with Crippen LogP contribution in [0.3, 0.4) is 0 Å². The van der Waals surface area contributed by atoms with Crippen LogP contribution in [-0.4, -0.2) is 15.7 Å². The molecule has 1 N–H and O–H groups in total. The highest BCUT2D eigenvalue weighted by molar-refractivity contribution is 5.73. The van der Waals surface area contributed by atoms with E-state index in [-0.39, 0.29) is 6.10 Å². The minimum absolute atomic E-state index is 0.272. The number of nitrogens with zero attached hydrogens (tertiary/aromatic N) is 2. The molecule has 4 nitrogen and oxygen atoms in total. The molecule has 1 aliphatic rings. The van der Waals surface area contributed by atoms with Crippen molar-refractivity contribution in [1.82, 2.24) is 9.55 Å². The zero-order chi connectivity index (χ0) is 24.1. The van der Waals surface area contributed by atoms with E-state index in [4.69, 9.17) is 4.74 Å². The average Bonchev–Trinajstić information content (AvgIpc) is 3.19. The van der Waals surface area contributed by atoms with E-state index < -0.39 is 0 Å². The third kappa shape index (κ3) is 5.61. The van der Waals surface area contributed by atoms with E-state index >= 15 is 0 Å². The molecule has 1 saturated carbocycles. The van der Waals surface area contributed by atoms with Crippen LogP contribution in [0.15, 0.2) is 79.8 Å². The molecule has 34 heavy (non-hydrogen) atoms. The van der Waals surface area contributed by atoms with Crippen LogP contribution in [0.1, 0.15) is 56.1 Å². The number of allylic oxidation sites excluding steroid dienone is 2. The Bertz CT molecular complexity index is 1130. The zero-order valence-corrected chi connectivity index (χ0v) is 20.8. The normalized spacial score (nSPS) is 18.8. The quantitative estimate of drug-likeness (QED) is 0.337. The maximum atomic E-state index is 6.27. The zero-order valence-electron chi connectivity index (χ0n) is 20.8. The predicted octanol–water partition coefficient (Wildman–Crippen LogP) is 7.64. The van der Waals surface area contributed by atoms with Gasteiger partial charge in [-0.05, 0) is 86.3 Å². The third-order valence-electron chi connectivity index (χ3n) is 6.93. The van der Waals surface area contributed by atoms with Gasteiger partial charge in [0.2, 0.25) is 0 Å². The fraction of sp³-hybridized carbons (Fsp3) is 0.367. The molecule has 3 atom stereocenters. The van der Waals surface area contributed by atoms with Crippen molar-refractivity contribution in [3.8, 4) is 17.0 Å². The maximum Gasteiger partial charge on any atom is 0.138 e. The van der Waals surface area contributed by atoms with Crippen molar-refractivity contribution >= 4 is 5.82 Å². The van der Waals surface area contributed by atoms with Gasteiger partial charge in [-0.2, -0.15) is 0 Å². The van der Waals surface area contributed by atoms with Crippen molar-refractivity contribution in [2.24, 2.45) is 13.0 Å². The third-order valence-corrected chi connectivity index (χ3v) is 6.93. The molecule has 1 aliphatic carbocycles. The molecule has 0 aliphatic heterocycles. The van der Waals surface area contributed by atoms with Crippen LogP contribution < -0.4 is 10.1 Å². The van der Waals surface area contributed by atoms with Gasteiger partial charge in [-0.15, -0.1) is 6.58 Å². The molecule has 1 aromatic heterocycles. The van der Waals surface area contributed by atoms with Crippen LogP contribution in [0.4, 0.5) is 5.82 Å². The summed E-state index contributed by atoms with van der Waals surface area (Å²) in [7, 11) is 2.01. The number of nitrogens with one attached hydrogen (secondary N) is 1. The summed E-state index contributed by atoms with van der Waals surface area (Å²) < 4.78 is 8.29. The van der Waals surface area contributed by atoms with Gasteiger partial charge in [0.25, 0.3) is 0 Å². The number of aryl methyl sites for hydroxylation is 2. The molecule has 0 radical (unpaired) electrons. The Morgan fingerprint density at radius 2 is 1.97 bits per heavy atom. The summed E-state index contributed by atoms with van der Waals surface area (Å²) in [5.74, 6) is 2.83. The van der Waals surface area contributed by atoms with E-state index in [2.05, 4.69) is 91.9 Å². The molecule has 4 heteroatoms. The van der Waals surface area contributed by atoms with Crippen LogP contribution in [0.5, 0.6) is 5.75 Å². The minimum atomic E-state index is 0.272. The SMILES string of the molecule is C=C[C@H]1CCC[C@H](Oc2ccc(-c3ncn(C)c3NC(=C)C[C@H](C)c3ccccc3C)cc2)C1. The lowest BCUT2D eigenvalue weighted by Gasteiger charge is -2.27. The molecule has 3 aromatic rings. The molecule has 0 unspecified atom stereocenters. The molecule has 1 heterocycles. The number of hydrogen-bond donors (Lipinski definition) is 1. The first kappa shape index (κ1) is 23.9. The number of imidazole rings is 1. The molecule has 178 valence electrons. The topological polar surface area (TPSA) is 39.1 Å². The van der Waals surface area contributed by atoms with Crippen molar-refractivity contribution in [3.63, 3.8) is 0 Å². The van der Waals surface area contributed by atoms with Crippen molar-refractivity contribution in [1.29, 1.82) is 0 Å². The van der Waals surface area contributed by atoms with Gasteiger partial charge >= 0.3 is 0 Å². The molecular weight excluding hydrogens is 418 g/mol. The van der Waals surface area contributed by atoms with Crippen molar-refractivity contribution in [2.45, 2.75) is 58.0 Å². The van der Waals surface area contributed by atoms with Gasteiger partial charge in [-0.25, -0.2) is 4.98 Å². The van der Waals surface area contributed by atoms with Gasteiger partial charge in [-0.3, -0.25) is 0 Å². The molecule has 2 aromatic carbocycles. The number of anilines is 1. The van der Waals surface area contributed by atoms with Crippen LogP contribution >= 0.6 is 0 Å². The van der Waals surface area contributed by atoms with Crippen LogP contribution in [-0.2, 0) is 7.05 Å². The maximum absolute atomic E-state index is 6.27. The number of hydrogen-bond acceptors (Lipinski definition) is 3. The first-order valence-electron chi connectivity index (χ1n) is 12.4. The average molecular weight is 456 g/mol. The summed E-state index contributed by atoms with van der Waals surface area (Å²) in [6.45, 7) is 12.7. The fourth-order valence-electron chi connectivity index (χ4n) is 5.01. The summed E-state index contributed by atoms with van der Waals surface area (Å²) in [5, 5.41) is 3.53. The Labute approximate surface area is 204 Å². The highest BCUT2D eigenvalue weighted by Crippen LogP contribution is 2.32. The summed E-state index contributed by atoms with van der Waals surface area (Å²) in [6, 6.07) is 16.9. The first-order valence-corrected chi connectivity index (χ1v) is 12.4. The predicted molar refractivity (Wildman–Crippen MR) is 142 cm³/mol. The van der Waals surface area contributed by atoms with E-state index in [1.54, 1.807) is 0 Å². The van der Waals surface area contributed by atoms with Gasteiger partial charge in [-0.1, -0.05) is 43.8 Å². The molecular formula is C30H37N3O. The summed E-state index contributed by atoms with van der Waals surface area (Å²) in [5.41, 5.74) is 5.64. The highest BCUT2D eigenvalue weighted by atomic mass is 16.5. The largest absolute Gasteiger partial charge is 0.490 e. The van der Waals surface area contributed by atoms with Crippen LogP contribution in [0.25, 0.3) is 11.3 Å². The smallest absolute Gasteiger partial charge is 0.138 e. The summed E-state index contributed by atoms with van der Waals surface area (Å²) in [6.07, 6.45) is 9.65. The Hall–Kier alpha value is -3.27. The van der Waals surface area contributed by atoms with Gasteiger partial charge in [0.05, 0.1) is 12.4 Å². The van der Waals surface area contributed by atoms with Gasteiger partial charge < -0.3 is 14.6 Å². The number of benzene rings is 2. The number of ether oxygens (including phenoxy) is 1. The van der Waals surface area contributed by atoms with E-state index in [0.717, 1.165) is 47.8 Å². The van der Waals surface area contributed by atoms with E-state index in [9.17, 15) is 0 Å². The van der Waals surface area contributed by atoms with Gasteiger partial charge in [0, 0.05) is 18.3 Å². The monoisotopic (exact) mass is 455 g/mol. The van der Waals surface area contributed by atoms with Crippen molar-refractivity contribution < 1.29 is 4.74 Å². The lowest BCUT2D eigenvalue weighted by Crippen LogP contribution is -2.24. The molecule has 0 spiro atoms. The molecule has 0 bridgehead atoms. The van der Waals surface area contributed by atoms with Gasteiger partial charge in [0.15, 0.2) is 0 Å². The Morgan fingerprint density at radius 3 is 2.71 bits per heavy atom. The van der Waals surface area contributed by atoms with Gasteiger partial charge in [0.1, 0.15) is 17.3 Å². The summed E-state index contributed by atoms with van der Waals surface area (Å²) in [4.78, 5) is 4.66. The second-order valence-corrected chi connectivity index (χ2v) is 9.67. The van der Waals surface area contributed by atoms with E-state index in [1.807, 2.05) is 17.9 Å². The van der Waals surface area contributed by atoms with Crippen LogP contribution in [0.2, 0.25) is 0 Å². The molecule has 1 fully saturated rings. The lowest BCUT2D eigenvalue weighted by molar-refractivity contribution is 0.137. The molecule has 4 rings (SSSR count).